The molecule has 0 saturated heterocycles. The Hall–Kier alpha value is -2.10. The Morgan fingerprint density at radius 3 is 2.57 bits per heavy atom. The van der Waals surface area contributed by atoms with Gasteiger partial charge in [0.1, 0.15) is 28.7 Å². The number of nitrogens with one attached hydrogen (secondary N) is 1. The van der Waals surface area contributed by atoms with Crippen molar-refractivity contribution < 1.29 is 17.9 Å². The van der Waals surface area contributed by atoms with Crippen molar-refractivity contribution in [2.45, 2.75) is 0 Å². The Labute approximate surface area is 143 Å². The number of nitrogens with zero attached hydrogens (tertiary/aromatic N) is 1. The lowest BCUT2D eigenvalue weighted by Crippen LogP contribution is -2.16. The van der Waals surface area contributed by atoms with Gasteiger partial charge < -0.3 is 15.8 Å². The van der Waals surface area contributed by atoms with E-state index < -0.39 is 23.1 Å². The largest absolute Gasteiger partial charge is 0.492 e. The summed E-state index contributed by atoms with van der Waals surface area (Å²) in [6, 6.07) is 4.39. The smallest absolute Gasteiger partial charge is 0.187 e. The van der Waals surface area contributed by atoms with E-state index >= 15 is 0 Å². The molecule has 2 aromatic rings. The standard InChI is InChI=1S/C15H11F3IN3O/c1-6-21-13-14(11(18)10(17)12(20)15(13)23-2)22(6)9-4-3-7(19)5-8(9)16/h3-5,21H,1,20H2,2H3. The molecule has 3 rings (SSSR count). The number of anilines is 4. The second-order valence-corrected chi connectivity index (χ2v) is 6.05. The summed E-state index contributed by atoms with van der Waals surface area (Å²) in [7, 11) is 1.28. The van der Waals surface area contributed by atoms with Gasteiger partial charge in [0.15, 0.2) is 17.4 Å². The van der Waals surface area contributed by atoms with E-state index in [-0.39, 0.29) is 28.6 Å². The second-order valence-electron chi connectivity index (χ2n) is 4.80. The topological polar surface area (TPSA) is 50.5 Å². The van der Waals surface area contributed by atoms with Gasteiger partial charge in [-0.25, -0.2) is 13.2 Å². The van der Waals surface area contributed by atoms with Gasteiger partial charge in [-0.15, -0.1) is 0 Å². The molecule has 0 atom stereocenters. The number of nitrogens with two attached hydrogens (primary N) is 1. The van der Waals surface area contributed by atoms with Gasteiger partial charge in [0.25, 0.3) is 0 Å². The average molecular weight is 433 g/mol. The molecule has 2 aromatic carbocycles. The molecule has 1 aliphatic heterocycles. The van der Waals surface area contributed by atoms with Crippen LogP contribution in [0, 0.1) is 21.0 Å². The Balaban J connectivity index is 2.29. The summed E-state index contributed by atoms with van der Waals surface area (Å²) in [6.07, 6.45) is 0. The van der Waals surface area contributed by atoms with Crippen LogP contribution in [0.2, 0.25) is 0 Å². The van der Waals surface area contributed by atoms with Crippen LogP contribution in [0.25, 0.3) is 0 Å². The lowest BCUT2D eigenvalue weighted by Gasteiger charge is -2.21. The lowest BCUT2D eigenvalue weighted by atomic mass is 10.1. The van der Waals surface area contributed by atoms with Crippen LogP contribution in [-0.4, -0.2) is 7.11 Å². The van der Waals surface area contributed by atoms with Crippen molar-refractivity contribution in [2.75, 3.05) is 23.1 Å². The van der Waals surface area contributed by atoms with Crippen molar-refractivity contribution in [2.24, 2.45) is 0 Å². The fourth-order valence-electron chi connectivity index (χ4n) is 2.48. The van der Waals surface area contributed by atoms with Gasteiger partial charge in [0, 0.05) is 3.57 Å². The summed E-state index contributed by atoms with van der Waals surface area (Å²) in [5.41, 5.74) is 4.99. The number of nitrogen functional groups attached to an aromatic ring is 1. The van der Waals surface area contributed by atoms with Crippen molar-refractivity contribution in [3.63, 3.8) is 0 Å². The zero-order valence-corrected chi connectivity index (χ0v) is 14.0. The number of hydrogen-bond acceptors (Lipinski definition) is 4. The van der Waals surface area contributed by atoms with E-state index in [2.05, 4.69) is 11.9 Å². The zero-order chi connectivity index (χ0) is 16.9. The highest BCUT2D eigenvalue weighted by Crippen LogP contribution is 2.51. The number of ether oxygens (including phenoxy) is 1. The highest BCUT2D eigenvalue weighted by atomic mass is 127. The predicted molar refractivity (Wildman–Crippen MR) is 91.3 cm³/mol. The molecular weight excluding hydrogens is 422 g/mol. The minimum absolute atomic E-state index is 0.0341. The number of methoxy groups -OCH3 is 1. The first-order chi connectivity index (χ1) is 10.9. The van der Waals surface area contributed by atoms with Crippen LogP contribution in [0.4, 0.5) is 35.9 Å². The highest BCUT2D eigenvalue weighted by molar-refractivity contribution is 14.1. The minimum atomic E-state index is -1.26. The van der Waals surface area contributed by atoms with Crippen LogP contribution in [-0.2, 0) is 0 Å². The van der Waals surface area contributed by atoms with E-state index in [1.807, 2.05) is 22.6 Å². The zero-order valence-electron chi connectivity index (χ0n) is 11.9. The maximum atomic E-state index is 14.4. The molecule has 120 valence electrons. The molecule has 4 nitrogen and oxygen atoms in total. The van der Waals surface area contributed by atoms with Gasteiger partial charge in [-0.3, -0.25) is 4.90 Å². The Kier molecular flexibility index (Phi) is 3.78. The third kappa shape index (κ3) is 2.28. The summed E-state index contributed by atoms with van der Waals surface area (Å²) in [5.74, 6) is -2.96. The highest BCUT2D eigenvalue weighted by Gasteiger charge is 2.35. The van der Waals surface area contributed by atoms with Crippen molar-refractivity contribution in [1.82, 2.24) is 0 Å². The molecular formula is C15H11F3IN3O. The van der Waals surface area contributed by atoms with E-state index in [1.54, 1.807) is 6.07 Å². The summed E-state index contributed by atoms with van der Waals surface area (Å²) >= 11 is 1.95. The third-order valence-corrected chi connectivity index (χ3v) is 4.13. The van der Waals surface area contributed by atoms with Gasteiger partial charge in [0.2, 0.25) is 0 Å². The Morgan fingerprint density at radius 1 is 1.26 bits per heavy atom. The molecule has 23 heavy (non-hydrogen) atoms. The average Bonchev–Trinajstić information content (AvgIpc) is 2.83. The van der Waals surface area contributed by atoms with Crippen molar-refractivity contribution in [3.05, 3.63) is 51.6 Å². The number of halogens is 4. The normalized spacial score (nSPS) is 13.1. The Bertz CT molecular complexity index is 841. The van der Waals surface area contributed by atoms with Gasteiger partial charge in [-0.2, -0.15) is 0 Å². The van der Waals surface area contributed by atoms with Gasteiger partial charge in [0.05, 0.1) is 12.8 Å². The SMILES string of the molecule is C=C1Nc2c(OC)c(N)c(F)c(F)c2N1c1ccc(I)cc1F. The molecule has 1 heterocycles. The van der Waals surface area contributed by atoms with Crippen molar-refractivity contribution in [1.29, 1.82) is 0 Å². The molecule has 0 radical (unpaired) electrons. The molecule has 8 heteroatoms. The summed E-state index contributed by atoms with van der Waals surface area (Å²) in [4.78, 5) is 1.15. The molecule has 0 unspecified atom stereocenters. The van der Waals surface area contributed by atoms with Crippen LogP contribution in [0.5, 0.6) is 5.75 Å². The summed E-state index contributed by atoms with van der Waals surface area (Å²) in [5, 5.41) is 2.77. The monoisotopic (exact) mass is 433 g/mol. The quantitative estimate of drug-likeness (QED) is 0.547. The third-order valence-electron chi connectivity index (χ3n) is 3.46. The van der Waals surface area contributed by atoms with Crippen molar-refractivity contribution >= 4 is 45.3 Å². The molecule has 0 spiro atoms. The molecule has 1 aliphatic rings. The summed E-state index contributed by atoms with van der Waals surface area (Å²) in [6.45, 7) is 3.73. The second kappa shape index (κ2) is 5.52. The van der Waals surface area contributed by atoms with E-state index in [9.17, 15) is 13.2 Å². The number of rotatable bonds is 2. The first-order valence-electron chi connectivity index (χ1n) is 6.42. The van der Waals surface area contributed by atoms with Gasteiger partial charge in [-0.05, 0) is 40.8 Å². The van der Waals surface area contributed by atoms with Crippen molar-refractivity contribution in [3.8, 4) is 5.75 Å². The van der Waals surface area contributed by atoms with Gasteiger partial charge >= 0.3 is 0 Å². The first kappa shape index (κ1) is 15.8. The molecule has 0 saturated carbocycles. The fraction of sp³-hybridized carbons (Fsp3) is 0.0667. The first-order valence-corrected chi connectivity index (χ1v) is 7.50. The molecule has 0 amide bonds. The molecule has 0 aromatic heterocycles. The van der Waals surface area contributed by atoms with Crippen LogP contribution < -0.4 is 20.7 Å². The van der Waals surface area contributed by atoms with E-state index in [0.717, 1.165) is 4.90 Å². The maximum absolute atomic E-state index is 14.4. The van der Waals surface area contributed by atoms with Crippen LogP contribution >= 0.6 is 22.6 Å². The Morgan fingerprint density at radius 2 is 1.96 bits per heavy atom. The molecule has 0 aliphatic carbocycles. The molecule has 0 fully saturated rings. The minimum Gasteiger partial charge on any atom is -0.492 e. The molecule has 3 N–H and O–H groups in total. The predicted octanol–water partition coefficient (Wildman–Crippen LogP) is 4.33. The number of hydrogen-bond donors (Lipinski definition) is 2. The maximum Gasteiger partial charge on any atom is 0.187 e. The summed E-state index contributed by atoms with van der Waals surface area (Å²) < 4.78 is 48.5. The van der Waals surface area contributed by atoms with E-state index in [4.69, 9.17) is 10.5 Å². The van der Waals surface area contributed by atoms with Crippen LogP contribution in [0.3, 0.4) is 0 Å². The van der Waals surface area contributed by atoms with Crippen LogP contribution in [0.15, 0.2) is 30.6 Å². The lowest BCUT2D eigenvalue weighted by molar-refractivity contribution is 0.413. The van der Waals surface area contributed by atoms with E-state index in [1.165, 1.54) is 19.2 Å². The van der Waals surface area contributed by atoms with Crippen LogP contribution in [0.1, 0.15) is 0 Å². The van der Waals surface area contributed by atoms with Gasteiger partial charge in [-0.1, -0.05) is 6.58 Å². The molecule has 0 bridgehead atoms. The van der Waals surface area contributed by atoms with E-state index in [0.29, 0.717) is 3.57 Å². The number of benzene rings is 2. The fourth-order valence-corrected chi connectivity index (χ4v) is 2.93. The number of fused-ring (bicyclic) bond motifs is 1.